The summed E-state index contributed by atoms with van der Waals surface area (Å²) in [6, 6.07) is 7.91. The Morgan fingerprint density at radius 3 is 2.57 bits per heavy atom. The lowest BCUT2D eigenvalue weighted by Gasteiger charge is -2.13. The van der Waals surface area contributed by atoms with E-state index in [1.165, 1.54) is 12.1 Å². The molecule has 0 spiro atoms. The molecule has 21 heavy (non-hydrogen) atoms. The van der Waals surface area contributed by atoms with Gasteiger partial charge in [0, 0.05) is 12.0 Å². The highest BCUT2D eigenvalue weighted by Crippen LogP contribution is 2.28. The standard InChI is InChI=1S/C14H16F2N4O/c1-8(2)13-19-11(17)7-12(20-13)18-9-5-3-4-6-10(9)21-14(15)16/h3-8,14H,1-2H3,(H3,17,18,19,20). The van der Waals surface area contributed by atoms with Crippen LogP contribution in [0.1, 0.15) is 25.6 Å². The molecule has 1 aromatic heterocycles. The van der Waals surface area contributed by atoms with E-state index in [9.17, 15) is 8.78 Å². The van der Waals surface area contributed by atoms with Crippen molar-refractivity contribution in [3.8, 4) is 5.75 Å². The average Bonchev–Trinajstić information content (AvgIpc) is 2.39. The highest BCUT2D eigenvalue weighted by atomic mass is 19.3. The Balaban J connectivity index is 2.30. The number of ether oxygens (including phenoxy) is 1. The predicted octanol–water partition coefficient (Wildman–Crippen LogP) is 3.53. The Bertz CT molecular complexity index is 620. The maximum Gasteiger partial charge on any atom is 0.387 e. The van der Waals surface area contributed by atoms with Crippen LogP contribution in [0.3, 0.4) is 0 Å². The van der Waals surface area contributed by atoms with Gasteiger partial charge in [-0.1, -0.05) is 26.0 Å². The molecule has 0 aliphatic heterocycles. The second kappa shape index (κ2) is 6.34. The van der Waals surface area contributed by atoms with Crippen LogP contribution >= 0.6 is 0 Å². The van der Waals surface area contributed by atoms with Gasteiger partial charge in [-0.05, 0) is 12.1 Å². The number of alkyl halides is 2. The van der Waals surface area contributed by atoms with Crippen molar-refractivity contribution in [1.82, 2.24) is 9.97 Å². The number of para-hydroxylation sites is 2. The monoisotopic (exact) mass is 294 g/mol. The lowest BCUT2D eigenvalue weighted by Crippen LogP contribution is -2.07. The van der Waals surface area contributed by atoms with Gasteiger partial charge >= 0.3 is 6.61 Å². The maximum absolute atomic E-state index is 12.4. The van der Waals surface area contributed by atoms with Gasteiger partial charge < -0.3 is 15.8 Å². The zero-order chi connectivity index (χ0) is 15.4. The minimum atomic E-state index is -2.89. The summed E-state index contributed by atoms with van der Waals surface area (Å²) < 4.78 is 29.2. The summed E-state index contributed by atoms with van der Waals surface area (Å²) in [6.07, 6.45) is 0. The third-order valence-electron chi connectivity index (χ3n) is 2.65. The number of hydrogen-bond donors (Lipinski definition) is 2. The number of nitrogens with two attached hydrogens (primary N) is 1. The Hall–Kier alpha value is -2.44. The first kappa shape index (κ1) is 15.0. The van der Waals surface area contributed by atoms with Gasteiger partial charge in [0.25, 0.3) is 0 Å². The van der Waals surface area contributed by atoms with Crippen LogP contribution < -0.4 is 15.8 Å². The third-order valence-corrected chi connectivity index (χ3v) is 2.65. The first-order chi connectivity index (χ1) is 9.95. The van der Waals surface area contributed by atoms with Crippen molar-refractivity contribution in [2.24, 2.45) is 0 Å². The number of nitrogens with zero attached hydrogens (tertiary/aromatic N) is 2. The largest absolute Gasteiger partial charge is 0.433 e. The van der Waals surface area contributed by atoms with Crippen molar-refractivity contribution >= 4 is 17.3 Å². The van der Waals surface area contributed by atoms with Crippen LogP contribution in [0.25, 0.3) is 0 Å². The van der Waals surface area contributed by atoms with Gasteiger partial charge in [-0.15, -0.1) is 0 Å². The summed E-state index contributed by atoms with van der Waals surface area (Å²) in [5.74, 6) is 1.45. The number of benzene rings is 1. The Labute approximate surface area is 121 Å². The van der Waals surface area contributed by atoms with Crippen molar-refractivity contribution < 1.29 is 13.5 Å². The molecule has 0 fully saturated rings. The molecule has 5 nitrogen and oxygen atoms in total. The first-order valence-corrected chi connectivity index (χ1v) is 6.41. The van der Waals surface area contributed by atoms with E-state index in [1.54, 1.807) is 18.2 Å². The zero-order valence-corrected chi connectivity index (χ0v) is 11.7. The van der Waals surface area contributed by atoms with E-state index in [-0.39, 0.29) is 11.7 Å². The molecule has 0 saturated heterocycles. The molecule has 112 valence electrons. The van der Waals surface area contributed by atoms with Gasteiger partial charge in [-0.25, -0.2) is 9.97 Å². The highest BCUT2D eigenvalue weighted by molar-refractivity contribution is 5.65. The second-order valence-electron chi connectivity index (χ2n) is 4.69. The molecule has 2 rings (SSSR count). The fourth-order valence-electron chi connectivity index (χ4n) is 1.71. The Kier molecular flexibility index (Phi) is 4.52. The fraction of sp³-hybridized carbons (Fsp3) is 0.286. The summed E-state index contributed by atoms with van der Waals surface area (Å²) in [5, 5.41) is 2.92. The van der Waals surface area contributed by atoms with E-state index in [0.29, 0.717) is 23.1 Å². The van der Waals surface area contributed by atoms with Crippen molar-refractivity contribution in [1.29, 1.82) is 0 Å². The van der Waals surface area contributed by atoms with Crippen LogP contribution in [-0.2, 0) is 0 Å². The molecule has 2 aromatic rings. The highest BCUT2D eigenvalue weighted by Gasteiger charge is 2.11. The topological polar surface area (TPSA) is 73.1 Å². The predicted molar refractivity (Wildman–Crippen MR) is 76.9 cm³/mol. The molecule has 0 atom stereocenters. The Morgan fingerprint density at radius 2 is 1.90 bits per heavy atom. The molecule has 0 radical (unpaired) electrons. The minimum Gasteiger partial charge on any atom is -0.433 e. The van der Waals surface area contributed by atoms with Crippen molar-refractivity contribution in [2.75, 3.05) is 11.1 Å². The van der Waals surface area contributed by atoms with Gasteiger partial charge in [-0.3, -0.25) is 0 Å². The molecule has 1 aromatic carbocycles. The number of halogens is 2. The van der Waals surface area contributed by atoms with Gasteiger partial charge in [0.2, 0.25) is 0 Å². The van der Waals surface area contributed by atoms with Crippen LogP contribution in [0.4, 0.5) is 26.1 Å². The van der Waals surface area contributed by atoms with Crippen molar-refractivity contribution in [2.45, 2.75) is 26.4 Å². The van der Waals surface area contributed by atoms with Crippen LogP contribution in [0.2, 0.25) is 0 Å². The van der Waals surface area contributed by atoms with E-state index in [4.69, 9.17) is 5.73 Å². The van der Waals surface area contributed by atoms with E-state index in [2.05, 4.69) is 20.0 Å². The van der Waals surface area contributed by atoms with Crippen LogP contribution in [0.5, 0.6) is 5.75 Å². The molecule has 0 aliphatic carbocycles. The smallest absolute Gasteiger partial charge is 0.387 e. The first-order valence-electron chi connectivity index (χ1n) is 6.41. The number of rotatable bonds is 5. The quantitative estimate of drug-likeness (QED) is 0.882. The van der Waals surface area contributed by atoms with Crippen LogP contribution in [-0.4, -0.2) is 16.6 Å². The third kappa shape index (κ3) is 4.01. The minimum absolute atomic E-state index is 0.0378. The maximum atomic E-state index is 12.4. The zero-order valence-electron chi connectivity index (χ0n) is 11.7. The molecule has 3 N–H and O–H groups in total. The summed E-state index contributed by atoms with van der Waals surface area (Å²) in [6.45, 7) is 0.980. The average molecular weight is 294 g/mol. The molecule has 0 aliphatic rings. The second-order valence-corrected chi connectivity index (χ2v) is 4.69. The number of aromatic nitrogens is 2. The normalized spacial score (nSPS) is 11.0. The van der Waals surface area contributed by atoms with Gasteiger partial charge in [0.05, 0.1) is 5.69 Å². The number of anilines is 3. The summed E-state index contributed by atoms with van der Waals surface area (Å²) in [4.78, 5) is 8.42. The van der Waals surface area contributed by atoms with E-state index < -0.39 is 6.61 Å². The molecular weight excluding hydrogens is 278 g/mol. The van der Waals surface area contributed by atoms with E-state index >= 15 is 0 Å². The number of hydrogen-bond acceptors (Lipinski definition) is 5. The fourth-order valence-corrected chi connectivity index (χ4v) is 1.71. The van der Waals surface area contributed by atoms with E-state index in [1.807, 2.05) is 13.8 Å². The molecule has 0 amide bonds. The van der Waals surface area contributed by atoms with Crippen molar-refractivity contribution in [3.63, 3.8) is 0 Å². The SMILES string of the molecule is CC(C)c1nc(N)cc(Nc2ccccc2OC(F)F)n1. The molecular formula is C14H16F2N4O. The van der Waals surface area contributed by atoms with Gasteiger partial charge in [0.1, 0.15) is 23.2 Å². The molecule has 0 bridgehead atoms. The summed E-state index contributed by atoms with van der Waals surface area (Å²) in [7, 11) is 0. The van der Waals surface area contributed by atoms with Crippen molar-refractivity contribution in [3.05, 3.63) is 36.2 Å². The summed E-state index contributed by atoms with van der Waals surface area (Å²) >= 11 is 0. The molecule has 7 heteroatoms. The lowest BCUT2D eigenvalue weighted by molar-refractivity contribution is -0.0493. The lowest BCUT2D eigenvalue weighted by atomic mass is 10.2. The number of nitrogens with one attached hydrogen (secondary N) is 1. The van der Waals surface area contributed by atoms with Crippen LogP contribution in [0, 0.1) is 0 Å². The molecule has 0 saturated carbocycles. The Morgan fingerprint density at radius 1 is 1.19 bits per heavy atom. The molecule has 1 heterocycles. The molecule has 0 unspecified atom stereocenters. The van der Waals surface area contributed by atoms with Gasteiger partial charge in [-0.2, -0.15) is 8.78 Å². The van der Waals surface area contributed by atoms with Gasteiger partial charge in [0.15, 0.2) is 0 Å². The number of nitrogen functional groups attached to an aromatic ring is 1. The summed E-state index contributed by atoms with van der Waals surface area (Å²) in [5.41, 5.74) is 6.11. The van der Waals surface area contributed by atoms with E-state index in [0.717, 1.165) is 0 Å². The van der Waals surface area contributed by atoms with Crippen LogP contribution in [0.15, 0.2) is 30.3 Å².